The molecule has 128 valence electrons. The summed E-state index contributed by atoms with van der Waals surface area (Å²) in [5.74, 6) is -3.80. The van der Waals surface area contributed by atoms with Gasteiger partial charge in [0, 0.05) is 12.1 Å². The Morgan fingerprint density at radius 3 is 2.32 bits per heavy atom. The second-order valence-corrected chi connectivity index (χ2v) is 4.49. The maximum atomic E-state index is 13.7. The molecule has 0 amide bonds. The van der Waals surface area contributed by atoms with E-state index in [0.29, 0.717) is 6.07 Å². The van der Waals surface area contributed by atoms with Crippen LogP contribution in [0.1, 0.15) is 17.3 Å². The quantitative estimate of drug-likeness (QED) is 0.372. The minimum Gasteiger partial charge on any atom is -1.00 e. The van der Waals surface area contributed by atoms with Crippen molar-refractivity contribution in [2.24, 2.45) is 0 Å². The van der Waals surface area contributed by atoms with E-state index in [0.717, 1.165) is 24.3 Å². The number of rotatable bonds is 4. The Morgan fingerprint density at radius 1 is 1.20 bits per heavy atom. The van der Waals surface area contributed by atoms with E-state index in [2.05, 4.69) is 0 Å². The van der Waals surface area contributed by atoms with E-state index >= 15 is 0 Å². The second kappa shape index (κ2) is 8.23. The van der Waals surface area contributed by atoms with Gasteiger partial charge in [-0.25, -0.2) is 9.18 Å². The van der Waals surface area contributed by atoms with Crippen LogP contribution in [0.4, 0.5) is 23.2 Å². The number of nitrogens with zero attached hydrogens (tertiary/aromatic N) is 1. The van der Waals surface area contributed by atoms with Crippen molar-refractivity contribution in [1.82, 2.24) is 0 Å². The summed E-state index contributed by atoms with van der Waals surface area (Å²) in [6, 6.07) is 4.14. The molecule has 6 nitrogen and oxygen atoms in total. The second-order valence-electron chi connectivity index (χ2n) is 4.49. The molecule has 0 heterocycles. The van der Waals surface area contributed by atoms with Gasteiger partial charge >= 0.3 is 63.5 Å². The van der Waals surface area contributed by atoms with Crippen molar-refractivity contribution in [2.45, 2.75) is 6.18 Å². The molecule has 0 aliphatic carbocycles. The topological polar surface area (TPSA) is 89.7 Å². The molecule has 1 N–H and O–H groups in total. The molecule has 0 bridgehead atoms. The number of ether oxygens (including phenoxy) is 1. The third kappa shape index (κ3) is 5.22. The van der Waals surface area contributed by atoms with E-state index in [1.807, 2.05) is 0 Å². The summed E-state index contributed by atoms with van der Waals surface area (Å²) in [6.45, 7) is 0. The third-order valence-corrected chi connectivity index (χ3v) is 2.88. The minimum atomic E-state index is -4.73. The average Bonchev–Trinajstić information content (AvgIpc) is 2.47. The van der Waals surface area contributed by atoms with Crippen LogP contribution < -0.4 is 56.1 Å². The van der Waals surface area contributed by atoms with Gasteiger partial charge in [0.25, 0.3) is 5.69 Å². The fourth-order valence-corrected chi connectivity index (χ4v) is 1.80. The molecule has 0 unspecified atom stereocenters. The van der Waals surface area contributed by atoms with E-state index in [-0.39, 0.29) is 64.6 Å². The number of benzene rings is 2. The van der Waals surface area contributed by atoms with Crippen molar-refractivity contribution in [3.63, 3.8) is 0 Å². The van der Waals surface area contributed by atoms with E-state index in [1.165, 1.54) is 0 Å². The van der Waals surface area contributed by atoms with Gasteiger partial charge in [-0.15, -0.1) is 0 Å². The smallest absolute Gasteiger partial charge is 1.00 e. The van der Waals surface area contributed by atoms with Gasteiger partial charge in [-0.1, -0.05) is 0 Å². The van der Waals surface area contributed by atoms with E-state index in [9.17, 15) is 32.5 Å². The number of carboxylic acid groups (broad SMARTS) is 1. The maximum absolute atomic E-state index is 13.7. The van der Waals surface area contributed by atoms with Crippen LogP contribution in [-0.2, 0) is 6.18 Å². The number of nitro benzene ring substituents is 1. The molecule has 0 spiro atoms. The van der Waals surface area contributed by atoms with Gasteiger partial charge in [0.1, 0.15) is 11.3 Å². The van der Waals surface area contributed by atoms with Crippen LogP contribution >= 0.6 is 0 Å². The molecule has 0 saturated carbocycles. The molecule has 0 aromatic heterocycles. The summed E-state index contributed by atoms with van der Waals surface area (Å²) in [7, 11) is 0. The molecular formula is C14H8F4KNO5. The molecule has 0 atom stereocenters. The molecule has 0 aliphatic heterocycles. The van der Waals surface area contributed by atoms with E-state index in [1.54, 1.807) is 0 Å². The normalized spacial score (nSPS) is 10.7. The van der Waals surface area contributed by atoms with Crippen LogP contribution in [0.2, 0.25) is 0 Å². The first-order chi connectivity index (χ1) is 11.1. The van der Waals surface area contributed by atoms with Crippen LogP contribution in [-0.4, -0.2) is 16.0 Å². The monoisotopic (exact) mass is 385 g/mol. The molecular weight excluding hydrogens is 377 g/mol. The maximum Gasteiger partial charge on any atom is 1.00 e. The number of carbonyl (C=O) groups is 1. The predicted octanol–water partition coefficient (Wildman–Crippen LogP) is 1.36. The number of carboxylic acids is 1. The van der Waals surface area contributed by atoms with Gasteiger partial charge in [-0.05, 0) is 24.3 Å². The van der Waals surface area contributed by atoms with Crippen LogP contribution in [0.3, 0.4) is 0 Å². The SMILES string of the molecule is O=C(O)c1cc(Oc2ccc(C(F)(F)F)cc2F)ccc1[N+](=O)[O-].[H-].[K+]. The van der Waals surface area contributed by atoms with Crippen molar-refractivity contribution >= 4 is 11.7 Å². The minimum absolute atomic E-state index is 0. The van der Waals surface area contributed by atoms with E-state index in [4.69, 9.17) is 9.84 Å². The molecule has 0 saturated heterocycles. The molecule has 11 heteroatoms. The number of nitro groups is 1. The molecule has 25 heavy (non-hydrogen) atoms. The summed E-state index contributed by atoms with van der Waals surface area (Å²) >= 11 is 0. The fourth-order valence-electron chi connectivity index (χ4n) is 1.80. The van der Waals surface area contributed by atoms with Gasteiger partial charge < -0.3 is 11.3 Å². The van der Waals surface area contributed by atoms with Gasteiger partial charge in [0.15, 0.2) is 11.6 Å². The zero-order chi connectivity index (χ0) is 18.1. The standard InChI is InChI=1S/C14H7F4NO5.K.H/c15-10-5-7(14(16,17)18)1-4-12(10)24-8-2-3-11(19(22)23)9(6-8)13(20)21;;/h1-6H,(H,20,21);;/q;+1;-1. The first-order valence-corrected chi connectivity index (χ1v) is 6.16. The summed E-state index contributed by atoms with van der Waals surface area (Å²) < 4.78 is 56.0. The number of hydrogen-bond donors (Lipinski definition) is 1. The Hall–Kier alpha value is -1.53. The first kappa shape index (κ1) is 21.5. The van der Waals surface area contributed by atoms with Gasteiger partial charge in [0.2, 0.25) is 0 Å². The first-order valence-electron chi connectivity index (χ1n) is 6.16. The van der Waals surface area contributed by atoms with Crippen LogP contribution in [0.15, 0.2) is 36.4 Å². The number of alkyl halides is 3. The van der Waals surface area contributed by atoms with Gasteiger partial charge in [0.05, 0.1) is 10.5 Å². The Kier molecular flexibility index (Phi) is 7.08. The Morgan fingerprint density at radius 2 is 1.84 bits per heavy atom. The average molecular weight is 385 g/mol. The summed E-state index contributed by atoms with van der Waals surface area (Å²) in [6.07, 6.45) is -4.73. The van der Waals surface area contributed by atoms with Gasteiger partial charge in [-0.2, -0.15) is 13.2 Å². The van der Waals surface area contributed by atoms with Crippen LogP contribution in [0, 0.1) is 15.9 Å². The molecule has 2 rings (SSSR count). The summed E-state index contributed by atoms with van der Waals surface area (Å²) in [5.41, 5.74) is -2.63. The summed E-state index contributed by atoms with van der Waals surface area (Å²) in [4.78, 5) is 20.8. The molecule has 0 aliphatic rings. The molecule has 2 aromatic carbocycles. The van der Waals surface area contributed by atoms with Crippen molar-refractivity contribution in [2.75, 3.05) is 0 Å². The number of hydrogen-bond acceptors (Lipinski definition) is 4. The number of halogens is 4. The van der Waals surface area contributed by atoms with Gasteiger partial charge in [-0.3, -0.25) is 10.1 Å². The Bertz CT molecular complexity index is 831. The van der Waals surface area contributed by atoms with Crippen molar-refractivity contribution in [3.8, 4) is 11.5 Å². The third-order valence-electron chi connectivity index (χ3n) is 2.88. The predicted molar refractivity (Wildman–Crippen MR) is 72.6 cm³/mol. The zero-order valence-corrected chi connectivity index (χ0v) is 15.6. The molecule has 2 aromatic rings. The Balaban J connectivity index is 0.00000312. The largest absolute Gasteiger partial charge is 1.00 e. The fraction of sp³-hybridized carbons (Fsp3) is 0.0714. The van der Waals surface area contributed by atoms with E-state index < -0.39 is 45.4 Å². The van der Waals surface area contributed by atoms with Crippen molar-refractivity contribution < 1.29 is 89.9 Å². The van der Waals surface area contributed by atoms with Crippen molar-refractivity contribution in [1.29, 1.82) is 0 Å². The molecule has 0 radical (unpaired) electrons. The Labute approximate surface area is 181 Å². The van der Waals surface area contributed by atoms with Crippen LogP contribution in [0.25, 0.3) is 0 Å². The molecule has 0 fully saturated rings. The summed E-state index contributed by atoms with van der Waals surface area (Å²) in [5, 5.41) is 19.6. The number of aromatic carboxylic acids is 1. The zero-order valence-electron chi connectivity index (χ0n) is 13.5. The van der Waals surface area contributed by atoms with Crippen LogP contribution in [0.5, 0.6) is 11.5 Å². The van der Waals surface area contributed by atoms with Crippen molar-refractivity contribution in [3.05, 3.63) is 63.5 Å².